The molecular formula is C24H46Cl2O. The highest BCUT2D eigenvalue weighted by Crippen LogP contribution is 2.16. The van der Waals surface area contributed by atoms with E-state index in [9.17, 15) is 4.79 Å². The van der Waals surface area contributed by atoms with Crippen LogP contribution in [0.5, 0.6) is 0 Å². The Kier molecular flexibility index (Phi) is 22.7. The summed E-state index contributed by atoms with van der Waals surface area (Å²) >= 11 is 11.2. The van der Waals surface area contributed by atoms with Crippen molar-refractivity contribution in [2.45, 2.75) is 147 Å². The van der Waals surface area contributed by atoms with Crippen LogP contribution < -0.4 is 0 Å². The minimum atomic E-state index is -0.484. The summed E-state index contributed by atoms with van der Waals surface area (Å²) in [4.78, 5) is 10.8. The van der Waals surface area contributed by atoms with Crippen LogP contribution in [0, 0.1) is 0 Å². The summed E-state index contributed by atoms with van der Waals surface area (Å²) in [6, 6.07) is 0. The Morgan fingerprint density at radius 2 is 0.815 bits per heavy atom. The monoisotopic (exact) mass is 420 g/mol. The van der Waals surface area contributed by atoms with Crippen LogP contribution in [0.3, 0.4) is 0 Å². The predicted molar refractivity (Wildman–Crippen MR) is 123 cm³/mol. The first-order chi connectivity index (χ1) is 13.2. The summed E-state index contributed by atoms with van der Waals surface area (Å²) in [7, 11) is 0. The minimum Gasteiger partial charge on any atom is -0.280 e. The average Bonchev–Trinajstić information content (AvgIpc) is 2.66. The van der Waals surface area contributed by atoms with Crippen molar-refractivity contribution in [1.82, 2.24) is 0 Å². The van der Waals surface area contributed by atoms with Crippen molar-refractivity contribution in [3.63, 3.8) is 0 Å². The molecule has 27 heavy (non-hydrogen) atoms. The van der Waals surface area contributed by atoms with Crippen LogP contribution >= 0.6 is 23.2 Å². The number of hydrogen-bond acceptors (Lipinski definition) is 1. The lowest BCUT2D eigenvalue weighted by Crippen LogP contribution is -2.06. The number of halogens is 2. The summed E-state index contributed by atoms with van der Waals surface area (Å²) in [6.07, 6.45) is 28.3. The first kappa shape index (κ1) is 27.2. The molecule has 0 bridgehead atoms. The lowest BCUT2D eigenvalue weighted by Gasteiger charge is -2.05. The van der Waals surface area contributed by atoms with E-state index in [0.717, 1.165) is 12.8 Å². The zero-order valence-electron chi connectivity index (χ0n) is 18.1. The first-order valence-electron chi connectivity index (χ1n) is 12.0. The van der Waals surface area contributed by atoms with E-state index in [1.54, 1.807) is 0 Å². The van der Waals surface area contributed by atoms with E-state index >= 15 is 0 Å². The highest BCUT2D eigenvalue weighted by molar-refractivity contribution is 6.69. The van der Waals surface area contributed by atoms with Crippen molar-refractivity contribution in [2.75, 3.05) is 0 Å². The normalized spacial score (nSPS) is 12.4. The third-order valence-corrected chi connectivity index (χ3v) is 6.35. The van der Waals surface area contributed by atoms with Crippen LogP contribution in [-0.2, 0) is 4.79 Å². The summed E-state index contributed by atoms with van der Waals surface area (Å²) in [6.45, 7) is 2.29. The van der Waals surface area contributed by atoms with Crippen LogP contribution in [0.2, 0.25) is 0 Å². The van der Waals surface area contributed by atoms with Gasteiger partial charge in [0.25, 0.3) is 0 Å². The van der Waals surface area contributed by atoms with Gasteiger partial charge in [0.2, 0.25) is 5.24 Å². The summed E-state index contributed by atoms with van der Waals surface area (Å²) in [5, 5.41) is -0.892. The van der Waals surface area contributed by atoms with Gasteiger partial charge in [-0.25, -0.2) is 0 Å². The smallest absolute Gasteiger partial charge is 0.239 e. The molecule has 0 N–H and O–H groups in total. The maximum Gasteiger partial charge on any atom is 0.239 e. The van der Waals surface area contributed by atoms with Crippen LogP contribution in [0.25, 0.3) is 0 Å². The second kappa shape index (κ2) is 22.5. The number of carbonyl (C=O) groups excluding carboxylic acids is 1. The molecule has 0 aliphatic carbocycles. The molecule has 0 rings (SSSR count). The Hall–Kier alpha value is 0.250. The molecule has 162 valence electrons. The second-order valence-corrected chi connectivity index (χ2v) is 9.18. The van der Waals surface area contributed by atoms with Crippen molar-refractivity contribution in [1.29, 1.82) is 0 Å². The van der Waals surface area contributed by atoms with Crippen molar-refractivity contribution in [3.8, 4) is 0 Å². The molecule has 3 heteroatoms. The van der Waals surface area contributed by atoms with Gasteiger partial charge in [-0.1, -0.05) is 135 Å². The van der Waals surface area contributed by atoms with E-state index in [0.29, 0.717) is 0 Å². The molecular weight excluding hydrogens is 375 g/mol. The van der Waals surface area contributed by atoms with E-state index in [1.165, 1.54) is 122 Å². The zero-order chi connectivity index (χ0) is 20.0. The maximum atomic E-state index is 10.8. The molecule has 0 aromatic rings. The first-order valence-corrected chi connectivity index (χ1v) is 12.8. The molecule has 0 aromatic carbocycles. The van der Waals surface area contributed by atoms with Crippen molar-refractivity contribution in [2.24, 2.45) is 0 Å². The molecule has 0 aromatic heterocycles. The molecule has 0 aliphatic heterocycles. The van der Waals surface area contributed by atoms with Crippen LogP contribution in [0.15, 0.2) is 0 Å². The van der Waals surface area contributed by atoms with Gasteiger partial charge >= 0.3 is 0 Å². The number of carbonyl (C=O) groups is 1. The second-order valence-electron chi connectivity index (χ2n) is 8.28. The fraction of sp³-hybridized carbons (Fsp3) is 0.958. The van der Waals surface area contributed by atoms with Crippen LogP contribution in [0.4, 0.5) is 0 Å². The van der Waals surface area contributed by atoms with Gasteiger partial charge in [0.15, 0.2) is 0 Å². The predicted octanol–water partition coefficient (Wildman–Crippen LogP) is 9.57. The molecule has 1 nitrogen and oxygen atoms in total. The van der Waals surface area contributed by atoms with Gasteiger partial charge in [-0.15, -0.1) is 11.6 Å². The van der Waals surface area contributed by atoms with Gasteiger partial charge in [-0.3, -0.25) is 4.79 Å². The third-order valence-electron chi connectivity index (χ3n) is 5.56. The molecule has 0 spiro atoms. The van der Waals surface area contributed by atoms with Gasteiger partial charge < -0.3 is 0 Å². The maximum absolute atomic E-state index is 10.8. The van der Waals surface area contributed by atoms with Crippen molar-refractivity contribution >= 4 is 28.4 Å². The standard InChI is InChI=1S/C24H46Cl2O/c1-2-3-4-5-6-7-8-9-10-11-12-13-14-15-16-17-18-19-20-21-22-23(25)24(26)27/h23H,2-22H2,1H3. The summed E-state index contributed by atoms with van der Waals surface area (Å²) in [5.41, 5.74) is 0. The molecule has 0 fully saturated rings. The lowest BCUT2D eigenvalue weighted by atomic mass is 10.0. The largest absolute Gasteiger partial charge is 0.280 e. The highest BCUT2D eigenvalue weighted by Gasteiger charge is 2.10. The Balaban J connectivity index is 3.04. The topological polar surface area (TPSA) is 17.1 Å². The number of unbranched alkanes of at least 4 members (excludes halogenated alkanes) is 19. The molecule has 0 saturated heterocycles. The van der Waals surface area contributed by atoms with Gasteiger partial charge in [0.05, 0.1) is 0 Å². The highest BCUT2D eigenvalue weighted by atomic mass is 35.5. The lowest BCUT2D eigenvalue weighted by molar-refractivity contribution is -0.111. The Morgan fingerprint density at radius 3 is 1.07 bits per heavy atom. The van der Waals surface area contributed by atoms with E-state index in [4.69, 9.17) is 23.2 Å². The third kappa shape index (κ3) is 22.4. The molecule has 0 radical (unpaired) electrons. The van der Waals surface area contributed by atoms with Crippen LogP contribution in [0.1, 0.15) is 142 Å². The van der Waals surface area contributed by atoms with E-state index < -0.39 is 10.6 Å². The Morgan fingerprint density at radius 1 is 0.556 bits per heavy atom. The number of rotatable bonds is 22. The Bertz CT molecular complexity index is 307. The van der Waals surface area contributed by atoms with E-state index in [2.05, 4.69) is 6.92 Å². The van der Waals surface area contributed by atoms with Gasteiger partial charge in [-0.2, -0.15) is 0 Å². The van der Waals surface area contributed by atoms with Gasteiger partial charge in [0.1, 0.15) is 5.38 Å². The Labute approximate surface area is 180 Å². The van der Waals surface area contributed by atoms with Gasteiger partial charge in [-0.05, 0) is 18.0 Å². The summed E-state index contributed by atoms with van der Waals surface area (Å²) in [5.74, 6) is 0. The summed E-state index contributed by atoms with van der Waals surface area (Å²) < 4.78 is 0. The van der Waals surface area contributed by atoms with E-state index in [-0.39, 0.29) is 0 Å². The molecule has 1 atom stereocenters. The van der Waals surface area contributed by atoms with Crippen molar-refractivity contribution in [3.05, 3.63) is 0 Å². The van der Waals surface area contributed by atoms with Gasteiger partial charge in [0, 0.05) is 0 Å². The molecule has 0 amide bonds. The zero-order valence-corrected chi connectivity index (χ0v) is 19.6. The molecule has 0 heterocycles. The SMILES string of the molecule is CCCCCCCCCCCCCCCCCCCCCCC(Cl)C(=O)Cl. The van der Waals surface area contributed by atoms with E-state index in [1.807, 2.05) is 0 Å². The number of hydrogen-bond donors (Lipinski definition) is 0. The quantitative estimate of drug-likeness (QED) is 0.0966. The van der Waals surface area contributed by atoms with Crippen molar-refractivity contribution < 1.29 is 4.79 Å². The van der Waals surface area contributed by atoms with Crippen LogP contribution in [-0.4, -0.2) is 10.6 Å². The minimum absolute atomic E-state index is 0.408. The fourth-order valence-electron chi connectivity index (χ4n) is 3.69. The average molecular weight is 422 g/mol. The molecule has 0 aliphatic rings. The number of alkyl halides is 1. The molecule has 0 saturated carbocycles. The fourth-order valence-corrected chi connectivity index (χ4v) is 3.96. The molecule has 1 unspecified atom stereocenters.